The van der Waals surface area contributed by atoms with Gasteiger partial charge in [-0.15, -0.1) is 12.4 Å². The molecule has 1 aliphatic carbocycles. The van der Waals surface area contributed by atoms with Crippen LogP contribution in [-0.2, 0) is 6.54 Å². The molecule has 2 aromatic rings. The average molecular weight is 449 g/mol. The Labute approximate surface area is 187 Å². The van der Waals surface area contributed by atoms with Crippen LogP contribution in [-0.4, -0.2) is 41.0 Å². The molecule has 0 bridgehead atoms. The standard InChI is InChI=1S/C22H28N4O4.ClH/c23-21-16(11-25-22(28)29)15(14-3-2-8-24-10-14)9-17(26-21)20-18(27)4-1-5-19(20)30-12-13-6-7-13;/h1,4-5,9,13-14,24-25,27H,2-3,6-8,10-12H2,(H2,23,26)(H,28,29);1H. The van der Waals surface area contributed by atoms with E-state index in [1.54, 1.807) is 12.1 Å². The molecule has 9 heteroatoms. The highest BCUT2D eigenvalue weighted by Crippen LogP contribution is 2.41. The fourth-order valence-corrected chi connectivity index (χ4v) is 3.97. The highest BCUT2D eigenvalue weighted by molar-refractivity contribution is 5.85. The Kier molecular flexibility index (Phi) is 7.46. The molecular formula is C22H29ClN4O4. The number of piperidine rings is 1. The number of carbonyl (C=O) groups is 1. The predicted octanol–water partition coefficient (Wildman–Crippen LogP) is 3.48. The van der Waals surface area contributed by atoms with Crippen LogP contribution in [0.25, 0.3) is 11.3 Å². The molecule has 0 spiro atoms. The van der Waals surface area contributed by atoms with Gasteiger partial charge in [-0.2, -0.15) is 0 Å². The smallest absolute Gasteiger partial charge is 0.404 e. The Morgan fingerprint density at radius 3 is 2.81 bits per heavy atom. The van der Waals surface area contributed by atoms with Crippen LogP contribution in [0.4, 0.5) is 10.6 Å². The Hall–Kier alpha value is -2.71. The van der Waals surface area contributed by atoms with E-state index in [1.807, 2.05) is 12.1 Å². The maximum Gasteiger partial charge on any atom is 0.404 e. The molecule has 8 nitrogen and oxygen atoms in total. The molecule has 1 saturated carbocycles. The Balaban J connectivity index is 0.00000272. The molecule has 0 radical (unpaired) electrons. The van der Waals surface area contributed by atoms with Crippen molar-refractivity contribution < 1.29 is 19.7 Å². The van der Waals surface area contributed by atoms with Gasteiger partial charge in [-0.25, -0.2) is 9.78 Å². The summed E-state index contributed by atoms with van der Waals surface area (Å²) in [6.45, 7) is 2.46. The number of phenolic OH excluding ortho intramolecular Hbond substituents is 1. The van der Waals surface area contributed by atoms with E-state index in [1.165, 1.54) is 12.8 Å². The van der Waals surface area contributed by atoms with Crippen LogP contribution in [0.3, 0.4) is 0 Å². The van der Waals surface area contributed by atoms with Crippen molar-refractivity contribution in [2.45, 2.75) is 38.1 Å². The number of anilines is 1. The molecule has 1 saturated heterocycles. The van der Waals surface area contributed by atoms with Crippen molar-refractivity contribution in [2.75, 3.05) is 25.4 Å². The number of pyridine rings is 1. The highest BCUT2D eigenvalue weighted by atomic mass is 35.5. The molecule has 1 aromatic carbocycles. The van der Waals surface area contributed by atoms with Crippen molar-refractivity contribution in [1.82, 2.24) is 15.6 Å². The van der Waals surface area contributed by atoms with E-state index in [-0.39, 0.29) is 36.4 Å². The summed E-state index contributed by atoms with van der Waals surface area (Å²) in [5.74, 6) is 1.69. The number of nitrogen functional groups attached to an aromatic ring is 1. The summed E-state index contributed by atoms with van der Waals surface area (Å²) in [4.78, 5) is 15.6. The number of aromatic hydroxyl groups is 1. The van der Waals surface area contributed by atoms with E-state index >= 15 is 0 Å². The minimum Gasteiger partial charge on any atom is -0.507 e. The second-order valence-electron chi connectivity index (χ2n) is 8.07. The number of nitrogens with two attached hydrogens (primary N) is 1. The molecule has 1 aromatic heterocycles. The summed E-state index contributed by atoms with van der Waals surface area (Å²) in [5, 5.41) is 25.4. The highest BCUT2D eigenvalue weighted by Gasteiger charge is 2.26. The van der Waals surface area contributed by atoms with Gasteiger partial charge in [0.2, 0.25) is 0 Å². The number of ether oxygens (including phenoxy) is 1. The molecule has 4 rings (SSSR count). The van der Waals surface area contributed by atoms with Gasteiger partial charge in [-0.3, -0.25) is 0 Å². The number of amides is 1. The zero-order valence-electron chi connectivity index (χ0n) is 17.3. The molecule has 168 valence electrons. The van der Waals surface area contributed by atoms with Crippen molar-refractivity contribution in [2.24, 2.45) is 5.92 Å². The number of halogens is 1. The number of hydrogen-bond donors (Lipinski definition) is 5. The molecule has 2 heterocycles. The van der Waals surface area contributed by atoms with Crippen LogP contribution in [0.15, 0.2) is 24.3 Å². The SMILES string of the molecule is Cl.Nc1nc(-c2c(O)cccc2OCC2CC2)cc(C2CCCNC2)c1CNC(=O)O. The second-order valence-corrected chi connectivity index (χ2v) is 8.07. The number of rotatable bonds is 7. The lowest BCUT2D eigenvalue weighted by Gasteiger charge is -2.26. The summed E-state index contributed by atoms with van der Waals surface area (Å²) in [5.41, 5.74) is 9.00. The van der Waals surface area contributed by atoms with E-state index in [9.17, 15) is 9.90 Å². The molecule has 2 fully saturated rings. The minimum atomic E-state index is -1.11. The number of hydrogen-bond acceptors (Lipinski definition) is 6. The number of phenols is 1. The average Bonchev–Trinajstić information content (AvgIpc) is 3.56. The topological polar surface area (TPSA) is 130 Å². The first-order chi connectivity index (χ1) is 14.5. The molecule has 1 atom stereocenters. The normalized spacial score (nSPS) is 18.1. The quantitative estimate of drug-likeness (QED) is 0.438. The van der Waals surface area contributed by atoms with E-state index in [0.29, 0.717) is 35.1 Å². The van der Waals surface area contributed by atoms with Gasteiger partial charge in [0.05, 0.1) is 24.4 Å². The molecule has 31 heavy (non-hydrogen) atoms. The molecule has 1 unspecified atom stereocenters. The minimum absolute atomic E-state index is 0. The molecule has 6 N–H and O–H groups in total. The summed E-state index contributed by atoms with van der Waals surface area (Å²) in [6.07, 6.45) is 3.23. The first-order valence-corrected chi connectivity index (χ1v) is 10.4. The van der Waals surface area contributed by atoms with E-state index in [4.69, 9.17) is 15.6 Å². The van der Waals surface area contributed by atoms with E-state index < -0.39 is 6.09 Å². The first-order valence-electron chi connectivity index (χ1n) is 10.4. The van der Waals surface area contributed by atoms with Gasteiger partial charge in [-0.05, 0) is 67.8 Å². The fraction of sp³-hybridized carbons (Fsp3) is 0.455. The predicted molar refractivity (Wildman–Crippen MR) is 121 cm³/mol. The number of benzene rings is 1. The lowest BCUT2D eigenvalue weighted by molar-refractivity contribution is 0.194. The zero-order chi connectivity index (χ0) is 21.1. The lowest BCUT2D eigenvalue weighted by atomic mass is 9.87. The molecule has 1 aliphatic heterocycles. The third-order valence-corrected chi connectivity index (χ3v) is 5.78. The monoisotopic (exact) mass is 448 g/mol. The van der Waals surface area contributed by atoms with Crippen LogP contribution in [0.5, 0.6) is 11.5 Å². The summed E-state index contributed by atoms with van der Waals surface area (Å²) >= 11 is 0. The van der Waals surface area contributed by atoms with Gasteiger partial charge in [-0.1, -0.05) is 6.07 Å². The summed E-state index contributed by atoms with van der Waals surface area (Å²) < 4.78 is 5.99. The third-order valence-electron chi connectivity index (χ3n) is 5.78. The van der Waals surface area contributed by atoms with Crippen LogP contribution in [0, 0.1) is 5.92 Å². The largest absolute Gasteiger partial charge is 0.507 e. The number of nitrogens with one attached hydrogen (secondary N) is 2. The Morgan fingerprint density at radius 1 is 1.32 bits per heavy atom. The van der Waals surface area contributed by atoms with Gasteiger partial charge < -0.3 is 31.3 Å². The fourth-order valence-electron chi connectivity index (χ4n) is 3.97. The van der Waals surface area contributed by atoms with Crippen LogP contribution in [0.2, 0.25) is 0 Å². The van der Waals surface area contributed by atoms with Crippen molar-refractivity contribution in [1.29, 1.82) is 0 Å². The second kappa shape index (κ2) is 10.1. The summed E-state index contributed by atoms with van der Waals surface area (Å²) in [7, 11) is 0. The van der Waals surface area contributed by atoms with Gasteiger partial charge in [0.25, 0.3) is 0 Å². The summed E-state index contributed by atoms with van der Waals surface area (Å²) in [6, 6.07) is 7.11. The third kappa shape index (κ3) is 5.51. The van der Waals surface area contributed by atoms with Gasteiger partial charge in [0.1, 0.15) is 17.3 Å². The van der Waals surface area contributed by atoms with E-state index in [0.717, 1.165) is 31.5 Å². The van der Waals surface area contributed by atoms with E-state index in [2.05, 4.69) is 15.6 Å². The number of nitrogens with zero attached hydrogens (tertiary/aromatic N) is 1. The number of aromatic nitrogens is 1. The Bertz CT molecular complexity index is 930. The maximum atomic E-state index is 11.0. The Morgan fingerprint density at radius 2 is 2.13 bits per heavy atom. The van der Waals surface area contributed by atoms with Crippen molar-refractivity contribution in [3.8, 4) is 22.8 Å². The molecular weight excluding hydrogens is 420 g/mol. The first kappa shape index (κ1) is 23.0. The zero-order valence-corrected chi connectivity index (χ0v) is 18.1. The van der Waals surface area contributed by atoms with Gasteiger partial charge >= 0.3 is 6.09 Å². The number of carboxylic acid groups (broad SMARTS) is 1. The molecule has 2 aliphatic rings. The lowest BCUT2D eigenvalue weighted by Crippen LogP contribution is -2.30. The van der Waals surface area contributed by atoms with Crippen LogP contribution in [0.1, 0.15) is 42.7 Å². The molecule has 1 amide bonds. The maximum absolute atomic E-state index is 11.0. The van der Waals surface area contributed by atoms with Crippen LogP contribution < -0.4 is 21.1 Å². The van der Waals surface area contributed by atoms with Crippen LogP contribution >= 0.6 is 12.4 Å². The van der Waals surface area contributed by atoms with Crippen molar-refractivity contribution >= 4 is 24.3 Å². The van der Waals surface area contributed by atoms with Crippen molar-refractivity contribution in [3.63, 3.8) is 0 Å². The van der Waals surface area contributed by atoms with Crippen molar-refractivity contribution in [3.05, 3.63) is 35.4 Å². The van der Waals surface area contributed by atoms with Gasteiger partial charge in [0, 0.05) is 12.1 Å². The van der Waals surface area contributed by atoms with Gasteiger partial charge in [0.15, 0.2) is 0 Å².